The van der Waals surface area contributed by atoms with Crippen LogP contribution < -0.4 is 0 Å². The standard InChI is InChI=1S/C14H25NO3S2/c1-4-5-6-10-15(12(2)3)20(17,18)14-8-7-13(19-14)9-11-16/h7-8,12,16H,4-6,9-11H2,1-3H3. The molecule has 0 aliphatic heterocycles. The number of aliphatic hydroxyl groups excluding tert-OH is 1. The molecular formula is C14H25NO3S2. The summed E-state index contributed by atoms with van der Waals surface area (Å²) in [5, 5.41) is 8.92. The van der Waals surface area contributed by atoms with Gasteiger partial charge in [-0.2, -0.15) is 4.31 Å². The molecule has 1 aromatic heterocycles. The van der Waals surface area contributed by atoms with Crippen LogP contribution in [-0.4, -0.2) is 37.0 Å². The van der Waals surface area contributed by atoms with Crippen LogP contribution in [0.4, 0.5) is 0 Å². The molecule has 0 bridgehead atoms. The predicted octanol–water partition coefficient (Wildman–Crippen LogP) is 2.87. The minimum Gasteiger partial charge on any atom is -0.396 e. The molecule has 1 heterocycles. The highest BCUT2D eigenvalue weighted by Gasteiger charge is 2.27. The molecule has 0 fully saturated rings. The summed E-state index contributed by atoms with van der Waals surface area (Å²) in [6.07, 6.45) is 3.52. The molecule has 0 aliphatic carbocycles. The van der Waals surface area contributed by atoms with Gasteiger partial charge >= 0.3 is 0 Å². The summed E-state index contributed by atoms with van der Waals surface area (Å²) in [6.45, 7) is 6.54. The van der Waals surface area contributed by atoms with Crippen molar-refractivity contribution in [3.8, 4) is 0 Å². The fraction of sp³-hybridized carbons (Fsp3) is 0.714. The molecule has 20 heavy (non-hydrogen) atoms. The predicted molar refractivity (Wildman–Crippen MR) is 83.7 cm³/mol. The third-order valence-electron chi connectivity index (χ3n) is 3.12. The second kappa shape index (κ2) is 8.12. The van der Waals surface area contributed by atoms with Crippen molar-refractivity contribution in [2.75, 3.05) is 13.2 Å². The van der Waals surface area contributed by atoms with Gasteiger partial charge in [0.15, 0.2) is 0 Å². The Labute approximate surface area is 126 Å². The average molecular weight is 319 g/mol. The minimum atomic E-state index is -3.41. The topological polar surface area (TPSA) is 57.6 Å². The van der Waals surface area contributed by atoms with Crippen molar-refractivity contribution in [3.05, 3.63) is 17.0 Å². The minimum absolute atomic E-state index is 0.0414. The smallest absolute Gasteiger partial charge is 0.252 e. The molecule has 1 aromatic rings. The van der Waals surface area contributed by atoms with Gasteiger partial charge in [-0.05, 0) is 32.4 Å². The van der Waals surface area contributed by atoms with Gasteiger partial charge in [-0.15, -0.1) is 11.3 Å². The van der Waals surface area contributed by atoms with E-state index in [9.17, 15) is 8.42 Å². The van der Waals surface area contributed by atoms with Crippen molar-refractivity contribution in [2.24, 2.45) is 0 Å². The molecule has 0 saturated carbocycles. The normalized spacial score (nSPS) is 12.5. The first kappa shape index (κ1) is 17.6. The number of thiophene rings is 1. The molecule has 0 radical (unpaired) electrons. The number of sulfonamides is 1. The Bertz CT molecular complexity index is 494. The SMILES string of the molecule is CCCCCN(C(C)C)S(=O)(=O)c1ccc(CCO)s1. The van der Waals surface area contributed by atoms with Gasteiger partial charge in [0.25, 0.3) is 10.0 Å². The Hall–Kier alpha value is -0.430. The number of rotatable bonds is 9. The van der Waals surface area contributed by atoms with Gasteiger partial charge in [0.2, 0.25) is 0 Å². The Morgan fingerprint density at radius 3 is 2.55 bits per heavy atom. The van der Waals surface area contributed by atoms with Gasteiger partial charge in [-0.3, -0.25) is 0 Å². The first-order valence-corrected chi connectivity index (χ1v) is 9.40. The van der Waals surface area contributed by atoms with E-state index in [-0.39, 0.29) is 12.6 Å². The van der Waals surface area contributed by atoms with Crippen LogP contribution in [0.15, 0.2) is 16.3 Å². The van der Waals surface area contributed by atoms with Crippen LogP contribution in [0.1, 0.15) is 44.9 Å². The van der Waals surface area contributed by atoms with Crippen molar-refractivity contribution in [3.63, 3.8) is 0 Å². The van der Waals surface area contributed by atoms with Gasteiger partial charge in [-0.1, -0.05) is 19.8 Å². The molecule has 4 nitrogen and oxygen atoms in total. The van der Waals surface area contributed by atoms with Crippen LogP contribution in [0.2, 0.25) is 0 Å². The lowest BCUT2D eigenvalue weighted by atomic mass is 10.2. The zero-order valence-electron chi connectivity index (χ0n) is 12.5. The third kappa shape index (κ3) is 4.55. The van der Waals surface area contributed by atoms with Crippen molar-refractivity contribution >= 4 is 21.4 Å². The van der Waals surface area contributed by atoms with Crippen LogP contribution in [0.3, 0.4) is 0 Å². The maximum Gasteiger partial charge on any atom is 0.252 e. The van der Waals surface area contributed by atoms with Crippen LogP contribution >= 0.6 is 11.3 Å². The summed E-state index contributed by atoms with van der Waals surface area (Å²) in [5.74, 6) is 0. The third-order valence-corrected chi connectivity index (χ3v) is 6.80. The van der Waals surface area contributed by atoms with E-state index in [2.05, 4.69) is 6.92 Å². The maximum atomic E-state index is 12.7. The van der Waals surface area contributed by atoms with E-state index in [1.165, 1.54) is 11.3 Å². The molecule has 6 heteroatoms. The molecular weight excluding hydrogens is 294 g/mol. The van der Waals surface area contributed by atoms with E-state index in [1.54, 1.807) is 16.4 Å². The zero-order chi connectivity index (χ0) is 15.2. The number of unbranched alkanes of at least 4 members (excludes halogenated alkanes) is 2. The highest BCUT2D eigenvalue weighted by Crippen LogP contribution is 2.26. The first-order valence-electron chi connectivity index (χ1n) is 7.14. The molecule has 1 N–H and O–H groups in total. The highest BCUT2D eigenvalue weighted by atomic mass is 32.2. The van der Waals surface area contributed by atoms with Crippen molar-refractivity contribution < 1.29 is 13.5 Å². The number of hydrogen-bond donors (Lipinski definition) is 1. The number of nitrogens with zero attached hydrogens (tertiary/aromatic N) is 1. The summed E-state index contributed by atoms with van der Waals surface area (Å²) in [7, 11) is -3.41. The Kier molecular flexibility index (Phi) is 7.15. The summed E-state index contributed by atoms with van der Waals surface area (Å²) >= 11 is 1.26. The molecule has 1 rings (SSSR count). The van der Waals surface area contributed by atoms with E-state index < -0.39 is 10.0 Å². The summed E-state index contributed by atoms with van der Waals surface area (Å²) in [6, 6.07) is 3.40. The van der Waals surface area contributed by atoms with Crippen LogP contribution in [0, 0.1) is 0 Å². The molecule has 0 aromatic carbocycles. The second-order valence-electron chi connectivity index (χ2n) is 5.11. The largest absolute Gasteiger partial charge is 0.396 e. The maximum absolute atomic E-state index is 12.7. The van der Waals surface area contributed by atoms with Crippen molar-refractivity contribution in [2.45, 2.75) is 56.7 Å². The first-order chi connectivity index (χ1) is 9.43. The molecule has 0 amide bonds. The quantitative estimate of drug-likeness (QED) is 0.712. The zero-order valence-corrected chi connectivity index (χ0v) is 14.1. The van der Waals surface area contributed by atoms with E-state index >= 15 is 0 Å². The lowest BCUT2D eigenvalue weighted by Crippen LogP contribution is -2.37. The van der Waals surface area contributed by atoms with Crippen LogP contribution in [0.5, 0.6) is 0 Å². The summed E-state index contributed by atoms with van der Waals surface area (Å²) in [4.78, 5) is 0.906. The fourth-order valence-corrected chi connectivity index (χ4v) is 5.18. The second-order valence-corrected chi connectivity index (χ2v) is 8.40. The fourth-order valence-electron chi connectivity index (χ4n) is 2.03. The van der Waals surface area contributed by atoms with E-state index in [0.29, 0.717) is 17.2 Å². The van der Waals surface area contributed by atoms with Gasteiger partial charge in [0.05, 0.1) is 0 Å². The van der Waals surface area contributed by atoms with E-state index in [0.717, 1.165) is 24.1 Å². The summed E-state index contributed by atoms with van der Waals surface area (Å²) in [5.41, 5.74) is 0. The highest BCUT2D eigenvalue weighted by molar-refractivity contribution is 7.91. The van der Waals surface area contributed by atoms with Gasteiger partial charge in [0, 0.05) is 30.5 Å². The molecule has 116 valence electrons. The Balaban J connectivity index is 2.90. The average Bonchev–Trinajstić information content (AvgIpc) is 2.83. The molecule has 0 saturated heterocycles. The van der Waals surface area contributed by atoms with Crippen molar-refractivity contribution in [1.29, 1.82) is 0 Å². The number of hydrogen-bond acceptors (Lipinski definition) is 4. The van der Waals surface area contributed by atoms with E-state index in [1.807, 2.05) is 13.8 Å². The lowest BCUT2D eigenvalue weighted by Gasteiger charge is -2.25. The monoisotopic (exact) mass is 319 g/mol. The molecule has 0 unspecified atom stereocenters. The Morgan fingerprint density at radius 2 is 2.00 bits per heavy atom. The molecule has 0 aliphatic rings. The molecule has 0 spiro atoms. The van der Waals surface area contributed by atoms with Gasteiger partial charge in [0.1, 0.15) is 4.21 Å². The van der Waals surface area contributed by atoms with Crippen molar-refractivity contribution in [1.82, 2.24) is 4.31 Å². The summed E-state index contributed by atoms with van der Waals surface area (Å²) < 4.78 is 27.3. The van der Waals surface area contributed by atoms with Crippen LogP contribution in [-0.2, 0) is 16.4 Å². The lowest BCUT2D eigenvalue weighted by molar-refractivity contribution is 0.300. The number of aliphatic hydroxyl groups is 1. The van der Waals surface area contributed by atoms with Gasteiger partial charge < -0.3 is 5.11 Å². The Morgan fingerprint density at radius 1 is 1.30 bits per heavy atom. The van der Waals surface area contributed by atoms with Crippen LogP contribution in [0.25, 0.3) is 0 Å². The molecule has 0 atom stereocenters. The van der Waals surface area contributed by atoms with E-state index in [4.69, 9.17) is 5.11 Å². The van der Waals surface area contributed by atoms with Gasteiger partial charge in [-0.25, -0.2) is 8.42 Å².